The Balaban J connectivity index is 1.46. The second-order valence-corrected chi connectivity index (χ2v) is 13.8. The van der Waals surface area contributed by atoms with Crippen LogP contribution in [0.4, 0.5) is 5.13 Å². The molecule has 10 heteroatoms. The Morgan fingerprint density at radius 3 is 2.37 bits per heavy atom. The summed E-state index contributed by atoms with van der Waals surface area (Å²) in [6.45, 7) is 10.1. The number of hydrogen-bond acceptors (Lipinski definition) is 8. The van der Waals surface area contributed by atoms with Gasteiger partial charge in [0.1, 0.15) is 11.3 Å². The minimum Gasteiger partial charge on any atom is -0.505 e. The fourth-order valence-electron chi connectivity index (χ4n) is 5.26. The Morgan fingerprint density at radius 1 is 0.977 bits per heavy atom. The number of thioether (sulfide) groups is 1. The van der Waals surface area contributed by atoms with E-state index in [2.05, 4.69) is 36.0 Å². The highest BCUT2D eigenvalue weighted by atomic mass is 32.2. The number of benzene rings is 2. The maximum Gasteiger partial charge on any atom is 0.301 e. The van der Waals surface area contributed by atoms with E-state index in [9.17, 15) is 14.7 Å². The van der Waals surface area contributed by atoms with E-state index in [0.29, 0.717) is 32.1 Å². The van der Waals surface area contributed by atoms with Gasteiger partial charge in [-0.25, -0.2) is 4.98 Å². The molecule has 8 nitrogen and oxygen atoms in total. The third-order valence-corrected chi connectivity index (χ3v) is 9.78. The molecule has 1 aliphatic heterocycles. The van der Waals surface area contributed by atoms with Crippen molar-refractivity contribution >= 4 is 51.3 Å². The Hall–Kier alpha value is -4.28. The predicted molar refractivity (Wildman–Crippen MR) is 171 cm³/mol. The van der Waals surface area contributed by atoms with Crippen LogP contribution in [-0.4, -0.2) is 36.4 Å². The summed E-state index contributed by atoms with van der Waals surface area (Å²) in [5.41, 5.74) is 5.35. The Bertz CT molecular complexity index is 1890. The van der Waals surface area contributed by atoms with Gasteiger partial charge in [0.05, 0.1) is 17.3 Å². The molecule has 1 atom stereocenters. The number of rotatable bonds is 6. The van der Waals surface area contributed by atoms with Gasteiger partial charge in [0, 0.05) is 11.9 Å². The molecule has 1 N–H and O–H groups in total. The molecule has 3 aromatic heterocycles. The number of aryl methyl sites for hydroxylation is 2. The number of ketones is 1. The second kappa shape index (κ2) is 11.1. The molecular formula is C33H31N5O3S2. The van der Waals surface area contributed by atoms with Crippen LogP contribution in [0.5, 0.6) is 0 Å². The third-order valence-electron chi connectivity index (χ3n) is 7.65. The summed E-state index contributed by atoms with van der Waals surface area (Å²) in [6, 6.07) is 20.8. The number of hydrogen-bond donors (Lipinski definition) is 1. The number of Topliss-reactive ketones (excluding diaryl/α,β-unsaturated/α-hetero) is 1. The van der Waals surface area contributed by atoms with E-state index in [-0.39, 0.29) is 22.4 Å². The zero-order chi connectivity index (χ0) is 30.5. The minimum atomic E-state index is -0.903. The number of pyridine rings is 1. The van der Waals surface area contributed by atoms with Crippen molar-refractivity contribution in [3.63, 3.8) is 0 Å². The SMILES string of the molecule is Cc1cccn2c(C)c(C(O)=C3C(=O)C(=O)N(c4nnc(SCc5ccccc5)s4)C3c3ccc(C(C)(C)C)cc3)nc12. The standard InChI is InChI=1S/C33H31N5O3S2/c1-19-10-9-17-37-20(2)25(34-29(19)37)27(39)24-26(22-13-15-23(16-14-22)33(3,4)5)38(30(41)28(24)40)31-35-36-32(43-31)42-18-21-11-7-6-8-12-21/h6-17,26,39H,18H2,1-5H3. The Labute approximate surface area is 258 Å². The molecular weight excluding hydrogens is 579 g/mol. The Morgan fingerprint density at radius 2 is 1.70 bits per heavy atom. The summed E-state index contributed by atoms with van der Waals surface area (Å²) < 4.78 is 2.54. The van der Waals surface area contributed by atoms with Crippen LogP contribution in [0.15, 0.2) is 82.8 Å². The van der Waals surface area contributed by atoms with Crippen LogP contribution in [0.2, 0.25) is 0 Å². The van der Waals surface area contributed by atoms with Gasteiger partial charge in [-0.2, -0.15) is 0 Å². The van der Waals surface area contributed by atoms with Crippen molar-refractivity contribution in [2.24, 2.45) is 0 Å². The molecule has 5 aromatic rings. The summed E-state index contributed by atoms with van der Waals surface area (Å²) in [4.78, 5) is 33.5. The number of aliphatic hydroxyl groups is 1. The van der Waals surface area contributed by atoms with Crippen LogP contribution >= 0.6 is 23.1 Å². The highest BCUT2D eigenvalue weighted by Gasteiger charge is 2.49. The van der Waals surface area contributed by atoms with E-state index in [0.717, 1.165) is 16.7 Å². The molecule has 1 aliphatic rings. The van der Waals surface area contributed by atoms with Crippen LogP contribution in [0.1, 0.15) is 60.5 Å². The van der Waals surface area contributed by atoms with Crippen molar-refractivity contribution in [1.29, 1.82) is 0 Å². The van der Waals surface area contributed by atoms with Crippen LogP contribution in [0.25, 0.3) is 11.4 Å². The van der Waals surface area contributed by atoms with Gasteiger partial charge in [0.15, 0.2) is 10.1 Å². The number of anilines is 1. The molecule has 1 amide bonds. The van der Waals surface area contributed by atoms with E-state index in [1.54, 1.807) is 0 Å². The van der Waals surface area contributed by atoms with Gasteiger partial charge >= 0.3 is 5.91 Å². The van der Waals surface area contributed by atoms with E-state index in [4.69, 9.17) is 0 Å². The van der Waals surface area contributed by atoms with Crippen LogP contribution < -0.4 is 4.90 Å². The fraction of sp³-hybridized carbons (Fsp3) is 0.242. The molecule has 1 fully saturated rings. The van der Waals surface area contributed by atoms with Gasteiger partial charge in [-0.05, 0) is 47.6 Å². The monoisotopic (exact) mass is 609 g/mol. The first-order chi connectivity index (χ1) is 20.5. The topological polar surface area (TPSA) is 101 Å². The molecule has 0 bridgehead atoms. The molecule has 43 heavy (non-hydrogen) atoms. The van der Waals surface area contributed by atoms with Crippen molar-refractivity contribution in [1.82, 2.24) is 19.6 Å². The van der Waals surface area contributed by atoms with E-state index in [1.807, 2.05) is 91.2 Å². The molecule has 2 aromatic carbocycles. The largest absolute Gasteiger partial charge is 0.505 e. The molecule has 0 aliphatic carbocycles. The van der Waals surface area contributed by atoms with Gasteiger partial charge in [0.2, 0.25) is 5.13 Å². The minimum absolute atomic E-state index is 0.0219. The van der Waals surface area contributed by atoms with Crippen molar-refractivity contribution in [2.45, 2.75) is 56.2 Å². The zero-order valence-corrected chi connectivity index (χ0v) is 26.2. The molecule has 0 radical (unpaired) electrons. The maximum absolute atomic E-state index is 13.7. The van der Waals surface area contributed by atoms with E-state index >= 15 is 0 Å². The average Bonchev–Trinajstić information content (AvgIpc) is 3.67. The summed E-state index contributed by atoms with van der Waals surface area (Å²) >= 11 is 2.76. The van der Waals surface area contributed by atoms with Gasteiger partial charge in [-0.15, -0.1) is 10.2 Å². The quantitative estimate of drug-likeness (QED) is 0.0726. The molecule has 6 rings (SSSR count). The highest BCUT2D eigenvalue weighted by Crippen LogP contribution is 2.44. The lowest BCUT2D eigenvalue weighted by molar-refractivity contribution is -0.132. The number of aromatic nitrogens is 4. The fourth-order valence-corrected chi connectivity index (χ4v) is 7.09. The first kappa shape index (κ1) is 28.8. The maximum atomic E-state index is 13.7. The summed E-state index contributed by atoms with van der Waals surface area (Å²) in [5.74, 6) is -1.17. The number of aliphatic hydroxyl groups excluding tert-OH is 1. The molecule has 4 heterocycles. The zero-order valence-electron chi connectivity index (χ0n) is 24.5. The molecule has 1 unspecified atom stereocenters. The number of carbonyl (C=O) groups is 2. The van der Waals surface area contributed by atoms with Gasteiger partial charge in [-0.3, -0.25) is 14.5 Å². The average molecular weight is 610 g/mol. The molecule has 1 saturated heterocycles. The predicted octanol–water partition coefficient (Wildman–Crippen LogP) is 7.02. The first-order valence-electron chi connectivity index (χ1n) is 13.9. The van der Waals surface area contributed by atoms with Crippen LogP contribution in [-0.2, 0) is 20.8 Å². The van der Waals surface area contributed by atoms with Crippen LogP contribution in [0, 0.1) is 13.8 Å². The number of nitrogens with zero attached hydrogens (tertiary/aromatic N) is 5. The molecule has 218 valence electrons. The number of amides is 1. The lowest BCUT2D eigenvalue weighted by atomic mass is 9.85. The third kappa shape index (κ3) is 5.25. The highest BCUT2D eigenvalue weighted by molar-refractivity contribution is 8.00. The number of fused-ring (bicyclic) bond motifs is 1. The lowest BCUT2D eigenvalue weighted by Gasteiger charge is -2.24. The van der Waals surface area contributed by atoms with Crippen molar-refractivity contribution in [2.75, 3.05) is 4.90 Å². The second-order valence-electron chi connectivity index (χ2n) is 11.6. The molecule has 0 spiro atoms. The van der Waals surface area contributed by atoms with Gasteiger partial charge in [-0.1, -0.05) is 105 Å². The van der Waals surface area contributed by atoms with E-state index in [1.165, 1.54) is 28.0 Å². The summed E-state index contributed by atoms with van der Waals surface area (Å²) in [6.07, 6.45) is 1.86. The number of carbonyl (C=O) groups excluding carboxylic acids is 2. The smallest absolute Gasteiger partial charge is 0.301 e. The summed E-state index contributed by atoms with van der Waals surface area (Å²) in [5, 5.41) is 20.7. The van der Waals surface area contributed by atoms with Crippen molar-refractivity contribution in [3.8, 4) is 0 Å². The number of imidazole rings is 1. The van der Waals surface area contributed by atoms with Gasteiger partial charge < -0.3 is 9.51 Å². The van der Waals surface area contributed by atoms with Crippen molar-refractivity contribution < 1.29 is 14.7 Å². The Kier molecular flexibility index (Phi) is 7.43. The van der Waals surface area contributed by atoms with Crippen molar-refractivity contribution in [3.05, 3.63) is 112 Å². The van der Waals surface area contributed by atoms with Gasteiger partial charge in [0.25, 0.3) is 5.78 Å². The van der Waals surface area contributed by atoms with Crippen LogP contribution in [0.3, 0.4) is 0 Å². The lowest BCUT2D eigenvalue weighted by Crippen LogP contribution is -2.29. The first-order valence-corrected chi connectivity index (χ1v) is 15.7. The molecule has 0 saturated carbocycles. The summed E-state index contributed by atoms with van der Waals surface area (Å²) in [7, 11) is 0. The van der Waals surface area contributed by atoms with E-state index < -0.39 is 17.7 Å². The normalized spacial score (nSPS) is 16.9.